The number of rotatable bonds is 13. The van der Waals surface area contributed by atoms with Crippen LogP contribution in [-0.4, -0.2) is 70.6 Å². The van der Waals surface area contributed by atoms with Gasteiger partial charge in [0.05, 0.1) is 4.88 Å². The normalized spacial score (nSPS) is 12.2. The smallest absolute Gasteiger partial charge is 0.268 e. The number of thiophene rings is 1. The Kier molecular flexibility index (Phi) is 10.0. The second-order valence-corrected chi connectivity index (χ2v) is 10.1. The number of hydrogen-bond acceptors (Lipinski definition) is 9. The van der Waals surface area contributed by atoms with Crippen LogP contribution in [0.4, 0.5) is 0 Å². The van der Waals surface area contributed by atoms with Crippen LogP contribution in [0.5, 0.6) is 5.75 Å². The third kappa shape index (κ3) is 7.13. The third-order valence-electron chi connectivity index (χ3n) is 5.77. The highest BCUT2D eigenvalue weighted by atomic mass is 32.1. The van der Waals surface area contributed by atoms with Gasteiger partial charge in [-0.2, -0.15) is 4.98 Å². The molecule has 0 aliphatic carbocycles. The predicted molar refractivity (Wildman–Crippen MR) is 140 cm³/mol. The average Bonchev–Trinajstić information content (AvgIpc) is 3.48. The lowest BCUT2D eigenvalue weighted by Crippen LogP contribution is -2.36. The zero-order valence-corrected chi connectivity index (χ0v) is 22.4. The molecular formula is C26H36N4O5S. The van der Waals surface area contributed by atoms with Crippen molar-refractivity contribution in [3.8, 4) is 27.9 Å². The SMILES string of the molecule is CCCN(C)Cc1sc(-c2nc(-c3cc(C)c(OC[C@@H](O)CNC(=O)CO)c(CC)c3)no2)cc1C. The van der Waals surface area contributed by atoms with Crippen LogP contribution in [-0.2, 0) is 17.8 Å². The molecule has 36 heavy (non-hydrogen) atoms. The number of hydrogen-bond donors (Lipinski definition) is 3. The Morgan fingerprint density at radius 3 is 2.72 bits per heavy atom. The van der Waals surface area contributed by atoms with Gasteiger partial charge in [0, 0.05) is 23.5 Å². The quantitative estimate of drug-likeness (QED) is 0.316. The minimum Gasteiger partial charge on any atom is -0.490 e. The highest BCUT2D eigenvalue weighted by Crippen LogP contribution is 2.34. The summed E-state index contributed by atoms with van der Waals surface area (Å²) in [6, 6.07) is 6.01. The van der Waals surface area contributed by atoms with Crippen LogP contribution in [0.15, 0.2) is 22.7 Å². The monoisotopic (exact) mass is 516 g/mol. The molecule has 2 heterocycles. The Hall–Kier alpha value is -2.79. The first-order chi connectivity index (χ1) is 17.2. The van der Waals surface area contributed by atoms with Gasteiger partial charge in [0.25, 0.3) is 5.89 Å². The lowest BCUT2D eigenvalue weighted by molar-refractivity contribution is -0.124. The molecule has 0 bridgehead atoms. The Morgan fingerprint density at radius 2 is 2.03 bits per heavy atom. The molecule has 2 aromatic heterocycles. The molecule has 3 N–H and O–H groups in total. The first-order valence-corrected chi connectivity index (χ1v) is 13.0. The van der Waals surface area contributed by atoms with E-state index >= 15 is 0 Å². The second-order valence-electron chi connectivity index (χ2n) is 8.94. The molecule has 0 spiro atoms. The summed E-state index contributed by atoms with van der Waals surface area (Å²) < 4.78 is 11.5. The summed E-state index contributed by atoms with van der Waals surface area (Å²) in [6.45, 7) is 9.59. The van der Waals surface area contributed by atoms with E-state index in [9.17, 15) is 9.90 Å². The first-order valence-electron chi connectivity index (χ1n) is 12.2. The minimum atomic E-state index is -0.898. The number of carbonyl (C=O) groups excluding carboxylic acids is 1. The predicted octanol–water partition coefficient (Wildman–Crippen LogP) is 3.33. The zero-order chi connectivity index (χ0) is 26.2. The summed E-state index contributed by atoms with van der Waals surface area (Å²) in [4.78, 5) is 20.4. The van der Waals surface area contributed by atoms with Gasteiger partial charge in [-0.15, -0.1) is 11.3 Å². The van der Waals surface area contributed by atoms with Crippen LogP contribution in [0.1, 0.15) is 41.8 Å². The Bertz CT molecular complexity index is 1160. The van der Waals surface area contributed by atoms with Crippen molar-refractivity contribution in [3.63, 3.8) is 0 Å². The highest BCUT2D eigenvalue weighted by molar-refractivity contribution is 7.15. The molecule has 196 valence electrons. The van der Waals surface area contributed by atoms with Gasteiger partial charge < -0.3 is 29.7 Å². The van der Waals surface area contributed by atoms with E-state index in [4.69, 9.17) is 14.4 Å². The number of aromatic nitrogens is 2. The molecule has 0 fully saturated rings. The third-order valence-corrected chi connectivity index (χ3v) is 6.98. The number of ether oxygens (including phenoxy) is 1. The Balaban J connectivity index is 1.74. The van der Waals surface area contributed by atoms with Gasteiger partial charge >= 0.3 is 0 Å². The van der Waals surface area contributed by atoms with E-state index in [1.165, 1.54) is 10.4 Å². The summed E-state index contributed by atoms with van der Waals surface area (Å²) in [5.74, 6) is 1.16. The molecular weight excluding hydrogens is 480 g/mol. The lowest BCUT2D eigenvalue weighted by Gasteiger charge is -2.17. The number of carbonyl (C=O) groups is 1. The summed E-state index contributed by atoms with van der Waals surface area (Å²) in [6.07, 6.45) is 0.933. The van der Waals surface area contributed by atoms with Gasteiger partial charge in [0.1, 0.15) is 25.1 Å². The van der Waals surface area contributed by atoms with E-state index in [1.807, 2.05) is 26.0 Å². The summed E-state index contributed by atoms with van der Waals surface area (Å²) in [5.41, 5.74) is 3.90. The fraction of sp³-hybridized carbons (Fsp3) is 0.500. The van der Waals surface area contributed by atoms with Crippen molar-refractivity contribution >= 4 is 17.2 Å². The number of benzene rings is 1. The Labute approximate surface area is 216 Å². The van der Waals surface area contributed by atoms with Crippen LogP contribution in [0.3, 0.4) is 0 Å². The van der Waals surface area contributed by atoms with Crippen LogP contribution >= 0.6 is 11.3 Å². The minimum absolute atomic E-state index is 0.00240. The van der Waals surface area contributed by atoms with Gasteiger partial charge in [-0.1, -0.05) is 19.0 Å². The van der Waals surface area contributed by atoms with Crippen molar-refractivity contribution in [2.75, 3.05) is 33.4 Å². The number of nitrogens with one attached hydrogen (secondary N) is 1. The van der Waals surface area contributed by atoms with Gasteiger partial charge in [0.2, 0.25) is 11.7 Å². The van der Waals surface area contributed by atoms with Gasteiger partial charge in [-0.25, -0.2) is 0 Å². The maximum Gasteiger partial charge on any atom is 0.268 e. The zero-order valence-electron chi connectivity index (χ0n) is 21.6. The van der Waals surface area contributed by atoms with Crippen LogP contribution in [0.2, 0.25) is 0 Å². The van der Waals surface area contributed by atoms with Crippen molar-refractivity contribution in [1.29, 1.82) is 0 Å². The summed E-state index contributed by atoms with van der Waals surface area (Å²) >= 11 is 1.68. The fourth-order valence-electron chi connectivity index (χ4n) is 3.90. The van der Waals surface area contributed by atoms with E-state index in [0.717, 1.165) is 41.1 Å². The van der Waals surface area contributed by atoms with E-state index < -0.39 is 18.6 Å². The molecule has 0 saturated carbocycles. The highest BCUT2D eigenvalue weighted by Gasteiger charge is 2.18. The summed E-state index contributed by atoms with van der Waals surface area (Å²) in [5, 5.41) is 25.5. The largest absolute Gasteiger partial charge is 0.490 e. The number of nitrogens with zero attached hydrogens (tertiary/aromatic N) is 3. The van der Waals surface area contributed by atoms with E-state index in [2.05, 4.69) is 47.3 Å². The van der Waals surface area contributed by atoms with Crippen molar-refractivity contribution in [2.24, 2.45) is 0 Å². The molecule has 3 rings (SSSR count). The summed E-state index contributed by atoms with van der Waals surface area (Å²) in [7, 11) is 2.13. The van der Waals surface area contributed by atoms with Crippen molar-refractivity contribution < 1.29 is 24.3 Å². The Morgan fingerprint density at radius 1 is 1.25 bits per heavy atom. The molecule has 1 atom stereocenters. The van der Waals surface area contributed by atoms with Crippen molar-refractivity contribution in [1.82, 2.24) is 20.4 Å². The van der Waals surface area contributed by atoms with Crippen molar-refractivity contribution in [3.05, 3.63) is 39.8 Å². The van der Waals surface area contributed by atoms with E-state index in [1.54, 1.807) is 11.3 Å². The molecule has 9 nitrogen and oxygen atoms in total. The second kappa shape index (κ2) is 13.0. The molecule has 0 aliphatic rings. The van der Waals surface area contributed by atoms with Crippen LogP contribution < -0.4 is 10.1 Å². The van der Waals surface area contributed by atoms with Crippen LogP contribution in [0, 0.1) is 13.8 Å². The van der Waals surface area contributed by atoms with Gasteiger partial charge in [-0.3, -0.25) is 4.79 Å². The fourth-order valence-corrected chi connectivity index (χ4v) is 5.08. The molecule has 1 amide bonds. The number of aryl methyl sites for hydroxylation is 3. The number of amides is 1. The standard InChI is InChI=1S/C26H36N4O5S/c1-6-8-30(5)13-22-16(3)10-21(36-22)26-28-25(29-35-26)19-9-17(4)24(18(7-2)11-19)34-15-20(32)12-27-23(33)14-31/h9-11,20,31-32H,6-8,12-15H2,1-5H3,(H,27,33)/t20-/m0/s1. The molecule has 0 unspecified atom stereocenters. The van der Waals surface area contributed by atoms with Gasteiger partial charge in [-0.05, 0) is 75.2 Å². The van der Waals surface area contributed by atoms with Crippen LogP contribution in [0.25, 0.3) is 22.2 Å². The lowest BCUT2D eigenvalue weighted by atomic mass is 10.0. The van der Waals surface area contributed by atoms with E-state index in [-0.39, 0.29) is 13.2 Å². The number of aliphatic hydroxyl groups excluding tert-OH is 2. The molecule has 10 heteroatoms. The first kappa shape index (κ1) is 27.8. The maximum atomic E-state index is 11.2. The topological polar surface area (TPSA) is 121 Å². The van der Waals surface area contributed by atoms with Crippen molar-refractivity contribution in [2.45, 2.75) is 53.2 Å². The van der Waals surface area contributed by atoms with Gasteiger partial charge in [0.15, 0.2) is 0 Å². The number of aliphatic hydroxyl groups is 2. The molecule has 0 saturated heterocycles. The molecule has 1 aromatic carbocycles. The van der Waals surface area contributed by atoms with E-state index in [0.29, 0.717) is 23.9 Å². The molecule has 3 aromatic rings. The molecule has 0 aliphatic heterocycles. The molecule has 0 radical (unpaired) electrons. The maximum absolute atomic E-state index is 11.2. The average molecular weight is 517 g/mol.